The van der Waals surface area contributed by atoms with Crippen molar-refractivity contribution < 1.29 is 9.59 Å². The first-order valence-electron chi connectivity index (χ1n) is 10.5. The molecule has 182 valence electrons. The number of alkyl halides is 2. The average molecular weight is 572 g/mol. The zero-order valence-electron chi connectivity index (χ0n) is 18.6. The van der Waals surface area contributed by atoms with E-state index in [0.717, 1.165) is 11.3 Å². The van der Waals surface area contributed by atoms with Crippen molar-refractivity contribution in [2.75, 3.05) is 17.4 Å². The smallest absolute Gasteiger partial charge is 0.271 e. The SMILES string of the molecule is Cc1cccc(N(C)NC(=O)c2cc(NC(=O)[C@H]3[C@H](c4cc(Cl)cc(Cl)c4)C3(Cl)Cl)ccc2Cl)c1. The Kier molecular flexibility index (Phi) is 7.46. The Labute approximate surface area is 228 Å². The number of aryl methyl sites for hydroxylation is 1. The first-order valence-corrected chi connectivity index (χ1v) is 12.4. The van der Waals surface area contributed by atoms with Gasteiger partial charge in [0.25, 0.3) is 5.91 Å². The molecule has 10 heteroatoms. The van der Waals surface area contributed by atoms with Crippen molar-refractivity contribution in [3.63, 3.8) is 0 Å². The molecular formula is C25H20Cl5N3O2. The molecule has 2 amide bonds. The van der Waals surface area contributed by atoms with Crippen LogP contribution in [0.1, 0.15) is 27.4 Å². The van der Waals surface area contributed by atoms with Crippen LogP contribution < -0.4 is 15.8 Å². The van der Waals surface area contributed by atoms with Crippen molar-refractivity contribution in [2.24, 2.45) is 5.92 Å². The van der Waals surface area contributed by atoms with Crippen LogP contribution >= 0.6 is 58.0 Å². The number of carbonyl (C=O) groups is 2. The molecule has 0 spiro atoms. The number of hydrogen-bond acceptors (Lipinski definition) is 3. The largest absolute Gasteiger partial charge is 0.326 e. The highest BCUT2D eigenvalue weighted by atomic mass is 35.5. The molecule has 5 nitrogen and oxygen atoms in total. The van der Waals surface area contributed by atoms with E-state index in [2.05, 4.69) is 10.7 Å². The lowest BCUT2D eigenvalue weighted by atomic mass is 10.1. The molecule has 1 aliphatic rings. The molecule has 0 heterocycles. The Morgan fingerprint density at radius 1 is 0.943 bits per heavy atom. The summed E-state index contributed by atoms with van der Waals surface area (Å²) in [7, 11) is 1.72. The van der Waals surface area contributed by atoms with Gasteiger partial charge in [0.1, 0.15) is 4.33 Å². The molecule has 0 saturated heterocycles. The summed E-state index contributed by atoms with van der Waals surface area (Å²) in [5, 5.41) is 5.45. The van der Waals surface area contributed by atoms with E-state index in [4.69, 9.17) is 58.0 Å². The summed E-state index contributed by atoms with van der Waals surface area (Å²) < 4.78 is -1.32. The number of nitrogens with zero attached hydrogens (tertiary/aromatic N) is 1. The number of benzene rings is 3. The van der Waals surface area contributed by atoms with Crippen LogP contribution in [-0.4, -0.2) is 23.2 Å². The lowest BCUT2D eigenvalue weighted by molar-refractivity contribution is -0.117. The number of hydrogen-bond donors (Lipinski definition) is 2. The predicted octanol–water partition coefficient (Wildman–Crippen LogP) is 7.26. The van der Waals surface area contributed by atoms with E-state index in [-0.39, 0.29) is 10.6 Å². The second-order valence-corrected chi connectivity index (χ2v) is 11.1. The summed E-state index contributed by atoms with van der Waals surface area (Å²) in [6.45, 7) is 1.96. The molecule has 2 atom stereocenters. The number of amides is 2. The Balaban J connectivity index is 1.49. The second-order valence-electron chi connectivity index (χ2n) is 8.36. The van der Waals surface area contributed by atoms with Crippen LogP contribution in [0.25, 0.3) is 0 Å². The minimum absolute atomic E-state index is 0.195. The summed E-state index contributed by atoms with van der Waals surface area (Å²) in [5.41, 5.74) is 5.88. The summed E-state index contributed by atoms with van der Waals surface area (Å²) in [6, 6.07) is 17.2. The van der Waals surface area contributed by atoms with Gasteiger partial charge in [-0.2, -0.15) is 0 Å². The van der Waals surface area contributed by atoms with Crippen LogP contribution in [0.4, 0.5) is 11.4 Å². The van der Waals surface area contributed by atoms with Gasteiger partial charge in [-0.1, -0.05) is 46.9 Å². The van der Waals surface area contributed by atoms with Gasteiger partial charge < -0.3 is 5.32 Å². The van der Waals surface area contributed by atoms with E-state index < -0.39 is 28.0 Å². The molecule has 0 unspecified atom stereocenters. The minimum atomic E-state index is -1.32. The molecule has 0 radical (unpaired) electrons. The van der Waals surface area contributed by atoms with Gasteiger partial charge in [-0.15, -0.1) is 23.2 Å². The topological polar surface area (TPSA) is 61.4 Å². The van der Waals surface area contributed by atoms with Crippen molar-refractivity contribution in [2.45, 2.75) is 17.2 Å². The number of nitrogens with one attached hydrogen (secondary N) is 2. The number of rotatable bonds is 6. The van der Waals surface area contributed by atoms with Crippen LogP contribution in [-0.2, 0) is 4.79 Å². The maximum Gasteiger partial charge on any atom is 0.271 e. The zero-order chi connectivity index (χ0) is 25.5. The maximum atomic E-state index is 13.0. The maximum absolute atomic E-state index is 13.0. The third kappa shape index (κ3) is 5.65. The summed E-state index contributed by atoms with van der Waals surface area (Å²) in [4.78, 5) is 25.9. The van der Waals surface area contributed by atoms with Gasteiger partial charge in [0.2, 0.25) is 5.91 Å². The van der Waals surface area contributed by atoms with Crippen LogP contribution in [0.5, 0.6) is 0 Å². The second kappa shape index (κ2) is 10.1. The first kappa shape index (κ1) is 25.9. The number of carbonyl (C=O) groups excluding carboxylic acids is 2. The van der Waals surface area contributed by atoms with Gasteiger partial charge >= 0.3 is 0 Å². The third-order valence-corrected chi connectivity index (χ3v) is 7.42. The van der Waals surface area contributed by atoms with Gasteiger partial charge in [0.15, 0.2) is 0 Å². The van der Waals surface area contributed by atoms with Crippen LogP contribution in [0.3, 0.4) is 0 Å². The molecule has 3 aromatic rings. The van der Waals surface area contributed by atoms with Crippen LogP contribution in [0, 0.1) is 12.8 Å². The van der Waals surface area contributed by atoms with Crippen molar-refractivity contribution in [3.8, 4) is 0 Å². The first-order chi connectivity index (χ1) is 16.5. The van der Waals surface area contributed by atoms with Crippen molar-refractivity contribution in [1.29, 1.82) is 0 Å². The van der Waals surface area contributed by atoms with E-state index in [1.165, 1.54) is 12.1 Å². The van der Waals surface area contributed by atoms with Crippen LogP contribution in [0.2, 0.25) is 15.1 Å². The summed E-state index contributed by atoms with van der Waals surface area (Å²) >= 11 is 31.3. The molecule has 4 rings (SSSR count). The molecule has 1 saturated carbocycles. The van der Waals surface area contributed by atoms with Gasteiger partial charge in [-0.25, -0.2) is 0 Å². The number of halogens is 5. The van der Waals surface area contributed by atoms with Crippen molar-refractivity contribution >= 4 is 81.2 Å². The quantitative estimate of drug-likeness (QED) is 0.242. The Bertz CT molecular complexity index is 1290. The highest BCUT2D eigenvalue weighted by molar-refractivity contribution is 6.53. The molecule has 0 aromatic heterocycles. The molecule has 0 aliphatic heterocycles. The molecule has 0 bridgehead atoms. The highest BCUT2D eigenvalue weighted by Gasteiger charge is 2.67. The Morgan fingerprint density at radius 3 is 2.29 bits per heavy atom. The molecule has 1 aliphatic carbocycles. The molecule has 2 N–H and O–H groups in total. The normalized spacial score (nSPS) is 18.0. The average Bonchev–Trinajstić information content (AvgIpc) is 3.36. The molecule has 1 fully saturated rings. The molecular weight excluding hydrogens is 552 g/mol. The minimum Gasteiger partial charge on any atom is -0.326 e. The highest BCUT2D eigenvalue weighted by Crippen LogP contribution is 2.65. The van der Waals surface area contributed by atoms with E-state index in [0.29, 0.717) is 21.3 Å². The van der Waals surface area contributed by atoms with Crippen molar-refractivity contribution in [3.05, 3.63) is 92.4 Å². The predicted molar refractivity (Wildman–Crippen MR) is 144 cm³/mol. The van der Waals surface area contributed by atoms with Gasteiger partial charge in [0.05, 0.1) is 22.2 Å². The number of hydrazine groups is 1. The van der Waals surface area contributed by atoms with E-state index >= 15 is 0 Å². The Morgan fingerprint density at radius 2 is 1.63 bits per heavy atom. The summed E-state index contributed by atoms with van der Waals surface area (Å²) in [6.07, 6.45) is 0. The number of anilines is 2. The lowest BCUT2D eigenvalue weighted by Crippen LogP contribution is -2.39. The van der Waals surface area contributed by atoms with Gasteiger partial charge in [-0.3, -0.25) is 20.0 Å². The standard InChI is InChI=1S/C25H20Cl5N3O2/c1-13-4-3-5-18(8-13)33(2)32-23(34)19-12-17(6-7-20(19)28)31-24(35)22-21(25(22,29)30)14-9-15(26)11-16(27)10-14/h3-12,21-22H,1-2H3,(H,31,35)(H,32,34)/t21-,22+/m0/s1. The van der Waals surface area contributed by atoms with Crippen LogP contribution in [0.15, 0.2) is 60.7 Å². The molecule has 3 aromatic carbocycles. The van der Waals surface area contributed by atoms with Gasteiger partial charge in [-0.05, 0) is 66.6 Å². The van der Waals surface area contributed by atoms with E-state index in [1.54, 1.807) is 36.3 Å². The van der Waals surface area contributed by atoms with E-state index in [1.807, 2.05) is 31.2 Å². The third-order valence-electron chi connectivity index (χ3n) is 5.72. The summed E-state index contributed by atoms with van der Waals surface area (Å²) in [5.74, 6) is -2.06. The van der Waals surface area contributed by atoms with Crippen molar-refractivity contribution in [1.82, 2.24) is 5.43 Å². The van der Waals surface area contributed by atoms with E-state index in [9.17, 15) is 9.59 Å². The molecule has 35 heavy (non-hydrogen) atoms. The fraction of sp³-hybridized carbons (Fsp3) is 0.200. The monoisotopic (exact) mass is 569 g/mol. The van der Waals surface area contributed by atoms with Gasteiger partial charge in [0, 0.05) is 28.7 Å². The lowest BCUT2D eigenvalue weighted by Gasteiger charge is -2.21. The Hall–Kier alpha value is -2.15. The zero-order valence-corrected chi connectivity index (χ0v) is 22.4. The fourth-order valence-corrected chi connectivity index (χ4v) is 5.51. The fourth-order valence-electron chi connectivity index (χ4n) is 3.93.